The molecular formula is C28H44N6O7. The summed E-state index contributed by atoms with van der Waals surface area (Å²) in [6.07, 6.45) is 4.91. The SMILES string of the molecule is CC(C)C[C@@H]1NC(=O)[C@H]([C@@H](C)O)NC(=O)[C@@H](NC(=O)CCN2CCCCCC2=O)CCCCNC(=O)c2coc1n2. The van der Waals surface area contributed by atoms with Crippen molar-refractivity contribution < 1.29 is 33.5 Å². The lowest BCUT2D eigenvalue weighted by Crippen LogP contribution is -2.57. The Bertz CT molecular complexity index is 1070. The third-order valence-electron chi connectivity index (χ3n) is 7.28. The van der Waals surface area contributed by atoms with Gasteiger partial charge in [0.15, 0.2) is 5.69 Å². The highest BCUT2D eigenvalue weighted by atomic mass is 16.3. The lowest BCUT2D eigenvalue weighted by atomic mass is 10.0. The maximum absolute atomic E-state index is 13.3. The van der Waals surface area contributed by atoms with Crippen LogP contribution in [0.15, 0.2) is 10.7 Å². The van der Waals surface area contributed by atoms with Crippen molar-refractivity contribution in [2.75, 3.05) is 19.6 Å². The van der Waals surface area contributed by atoms with Gasteiger partial charge >= 0.3 is 0 Å². The van der Waals surface area contributed by atoms with E-state index in [9.17, 15) is 29.1 Å². The van der Waals surface area contributed by atoms with Gasteiger partial charge in [0.25, 0.3) is 5.91 Å². The average Bonchev–Trinajstić information content (AvgIpc) is 3.32. The fourth-order valence-electron chi connectivity index (χ4n) is 4.98. The molecule has 0 unspecified atom stereocenters. The highest BCUT2D eigenvalue weighted by Crippen LogP contribution is 2.22. The summed E-state index contributed by atoms with van der Waals surface area (Å²) in [4.78, 5) is 70.3. The van der Waals surface area contributed by atoms with Crippen molar-refractivity contribution in [1.29, 1.82) is 0 Å². The number of likely N-dealkylation sites (tertiary alicyclic amines) is 1. The second-order valence-electron chi connectivity index (χ2n) is 11.3. The van der Waals surface area contributed by atoms with Crippen LogP contribution in [0.4, 0.5) is 0 Å². The molecule has 3 rings (SSSR count). The van der Waals surface area contributed by atoms with Gasteiger partial charge in [-0.25, -0.2) is 4.98 Å². The number of hydrogen-bond acceptors (Lipinski definition) is 8. The molecule has 4 atom stereocenters. The van der Waals surface area contributed by atoms with E-state index in [1.165, 1.54) is 13.2 Å². The van der Waals surface area contributed by atoms with Gasteiger partial charge in [-0.3, -0.25) is 24.0 Å². The molecule has 0 aliphatic carbocycles. The van der Waals surface area contributed by atoms with E-state index in [4.69, 9.17) is 4.42 Å². The molecular weight excluding hydrogens is 532 g/mol. The Morgan fingerprint density at radius 1 is 1.10 bits per heavy atom. The zero-order valence-electron chi connectivity index (χ0n) is 24.2. The maximum Gasteiger partial charge on any atom is 0.273 e. The lowest BCUT2D eigenvalue weighted by molar-refractivity contribution is -0.134. The number of hydrogen-bond donors (Lipinski definition) is 5. The molecule has 2 bridgehead atoms. The van der Waals surface area contributed by atoms with Crippen molar-refractivity contribution in [3.05, 3.63) is 17.8 Å². The molecule has 1 fully saturated rings. The summed E-state index contributed by atoms with van der Waals surface area (Å²) in [5.41, 5.74) is 0.0866. The number of aliphatic hydroxyl groups excluding tert-OH is 1. The van der Waals surface area contributed by atoms with Crippen molar-refractivity contribution in [2.24, 2.45) is 5.92 Å². The molecule has 5 amide bonds. The maximum atomic E-state index is 13.3. The molecule has 2 aliphatic rings. The van der Waals surface area contributed by atoms with Crippen molar-refractivity contribution >= 4 is 29.5 Å². The van der Waals surface area contributed by atoms with Gasteiger partial charge < -0.3 is 35.7 Å². The Labute approximate surface area is 240 Å². The average molecular weight is 577 g/mol. The van der Waals surface area contributed by atoms with Gasteiger partial charge in [-0.2, -0.15) is 0 Å². The molecule has 2 aliphatic heterocycles. The van der Waals surface area contributed by atoms with Crippen molar-refractivity contribution in [2.45, 2.75) is 103 Å². The smallest absolute Gasteiger partial charge is 0.273 e. The Morgan fingerprint density at radius 2 is 1.88 bits per heavy atom. The molecule has 0 saturated carbocycles. The van der Waals surface area contributed by atoms with Crippen LogP contribution in [-0.4, -0.2) is 82.3 Å². The quantitative estimate of drug-likeness (QED) is 0.318. The zero-order valence-corrected chi connectivity index (χ0v) is 24.2. The zero-order chi connectivity index (χ0) is 29.9. The van der Waals surface area contributed by atoms with E-state index < -0.39 is 47.9 Å². The van der Waals surface area contributed by atoms with Gasteiger partial charge in [0.1, 0.15) is 24.4 Å². The first-order valence-electron chi connectivity index (χ1n) is 14.6. The number of nitrogens with zero attached hydrogens (tertiary/aromatic N) is 2. The van der Waals surface area contributed by atoms with Gasteiger partial charge in [-0.05, 0) is 51.4 Å². The predicted molar refractivity (Wildman–Crippen MR) is 148 cm³/mol. The normalized spacial score (nSPS) is 24.2. The summed E-state index contributed by atoms with van der Waals surface area (Å²) < 4.78 is 5.52. The summed E-state index contributed by atoms with van der Waals surface area (Å²) >= 11 is 0. The summed E-state index contributed by atoms with van der Waals surface area (Å²) in [5.74, 6) is -1.78. The first kappa shape index (κ1) is 32.0. The Hall–Kier alpha value is -3.48. The third kappa shape index (κ3) is 9.83. The van der Waals surface area contributed by atoms with Crippen LogP contribution in [0.25, 0.3) is 0 Å². The Balaban J connectivity index is 1.75. The van der Waals surface area contributed by atoms with Crippen molar-refractivity contribution in [3.63, 3.8) is 0 Å². The first-order chi connectivity index (χ1) is 19.5. The minimum atomic E-state index is -1.31. The number of nitrogens with one attached hydrogen (secondary N) is 4. The molecule has 13 heteroatoms. The van der Waals surface area contributed by atoms with Crippen molar-refractivity contribution in [3.8, 4) is 0 Å². The molecule has 5 N–H and O–H groups in total. The van der Waals surface area contributed by atoms with Crippen molar-refractivity contribution in [1.82, 2.24) is 31.2 Å². The molecule has 1 saturated heterocycles. The molecule has 1 aromatic rings. The monoisotopic (exact) mass is 576 g/mol. The minimum Gasteiger partial charge on any atom is -0.446 e. The first-order valence-corrected chi connectivity index (χ1v) is 14.6. The van der Waals surface area contributed by atoms with E-state index in [1.54, 1.807) is 4.90 Å². The molecule has 0 aromatic carbocycles. The summed E-state index contributed by atoms with van der Waals surface area (Å²) in [6, 6.07) is -2.98. The number of aromatic nitrogens is 1. The molecule has 0 spiro atoms. The van der Waals surface area contributed by atoms with E-state index in [0.717, 1.165) is 19.3 Å². The van der Waals surface area contributed by atoms with Crippen LogP contribution in [0.2, 0.25) is 0 Å². The largest absolute Gasteiger partial charge is 0.446 e. The fraction of sp³-hybridized carbons (Fsp3) is 0.714. The Morgan fingerprint density at radius 3 is 2.61 bits per heavy atom. The number of amides is 5. The van der Waals surface area contributed by atoms with Crippen LogP contribution < -0.4 is 21.3 Å². The number of carbonyl (C=O) groups excluding carboxylic acids is 5. The summed E-state index contributed by atoms with van der Waals surface area (Å²) in [6.45, 7) is 6.49. The number of oxazole rings is 1. The molecule has 228 valence electrons. The van der Waals surface area contributed by atoms with Crippen LogP contribution >= 0.6 is 0 Å². The van der Waals surface area contributed by atoms with Crippen LogP contribution in [0, 0.1) is 5.92 Å². The number of rotatable bonds is 7. The van der Waals surface area contributed by atoms with Crippen LogP contribution in [0.3, 0.4) is 0 Å². The van der Waals surface area contributed by atoms with Crippen LogP contribution in [-0.2, 0) is 19.2 Å². The summed E-state index contributed by atoms with van der Waals surface area (Å²) in [7, 11) is 0. The van der Waals surface area contributed by atoms with Gasteiger partial charge in [0.05, 0.1) is 6.10 Å². The second-order valence-corrected chi connectivity index (χ2v) is 11.3. The standard InChI is InChI=1S/C28H44N6O7/c1-17(2)15-20-28-32-21(16-41-28)25(38)29-12-7-6-9-19(26(39)33-24(18(3)35)27(40)31-20)30-22(36)11-14-34-13-8-4-5-10-23(34)37/h16-20,24,35H,4-15H2,1-3H3,(H,29,38)(H,30,36)(H,31,40)(H,33,39)/t18-,19+,20+,24+/m1/s1. The van der Waals surface area contributed by atoms with Crippen LogP contribution in [0.1, 0.15) is 101 Å². The van der Waals surface area contributed by atoms with E-state index in [0.29, 0.717) is 38.8 Å². The molecule has 3 heterocycles. The summed E-state index contributed by atoms with van der Waals surface area (Å²) in [5, 5.41) is 21.3. The number of carbonyl (C=O) groups is 5. The fourth-order valence-corrected chi connectivity index (χ4v) is 4.98. The molecule has 1 aromatic heterocycles. The molecule has 0 radical (unpaired) electrons. The van der Waals surface area contributed by atoms with E-state index in [1.807, 2.05) is 13.8 Å². The predicted octanol–water partition coefficient (Wildman–Crippen LogP) is 0.935. The number of fused-ring (bicyclic) bond motifs is 2. The van der Waals surface area contributed by atoms with E-state index in [-0.39, 0.29) is 42.8 Å². The highest BCUT2D eigenvalue weighted by molar-refractivity contribution is 5.93. The lowest BCUT2D eigenvalue weighted by Gasteiger charge is -2.27. The molecule has 13 nitrogen and oxygen atoms in total. The minimum absolute atomic E-state index is 0.0296. The van der Waals surface area contributed by atoms with Gasteiger partial charge in [-0.1, -0.05) is 20.3 Å². The van der Waals surface area contributed by atoms with E-state index in [2.05, 4.69) is 26.3 Å². The van der Waals surface area contributed by atoms with Gasteiger partial charge in [0.2, 0.25) is 29.5 Å². The van der Waals surface area contributed by atoms with Crippen LogP contribution in [0.5, 0.6) is 0 Å². The topological polar surface area (TPSA) is 183 Å². The van der Waals surface area contributed by atoms with Gasteiger partial charge in [0, 0.05) is 32.5 Å². The highest BCUT2D eigenvalue weighted by Gasteiger charge is 2.33. The van der Waals surface area contributed by atoms with Gasteiger partial charge in [-0.15, -0.1) is 0 Å². The van der Waals surface area contributed by atoms with E-state index >= 15 is 0 Å². The number of aliphatic hydroxyl groups is 1. The second kappa shape index (κ2) is 15.5. The Kier molecular flexibility index (Phi) is 12.1. The third-order valence-corrected chi connectivity index (χ3v) is 7.28. The molecule has 41 heavy (non-hydrogen) atoms.